The molecule has 184 valence electrons. The van der Waals surface area contributed by atoms with E-state index < -0.39 is 28.9 Å². The number of aromatic nitrogens is 1. The summed E-state index contributed by atoms with van der Waals surface area (Å²) in [5.41, 5.74) is -0.525. The maximum Gasteiger partial charge on any atom is 0.253 e. The molecule has 1 aromatic carbocycles. The van der Waals surface area contributed by atoms with Gasteiger partial charge in [0.05, 0.1) is 25.2 Å². The van der Waals surface area contributed by atoms with E-state index in [4.69, 9.17) is 0 Å². The molecule has 2 amide bonds. The minimum atomic E-state index is -1.14. The zero-order chi connectivity index (χ0) is 25.4. The second-order valence-electron chi connectivity index (χ2n) is 7.72. The van der Waals surface area contributed by atoms with E-state index in [9.17, 15) is 27.6 Å². The number of nitrogens with zero attached hydrogens (tertiary/aromatic N) is 2. The van der Waals surface area contributed by atoms with Crippen LogP contribution < -0.4 is 16.2 Å². The van der Waals surface area contributed by atoms with Gasteiger partial charge in [-0.3, -0.25) is 14.4 Å². The molecule has 35 heavy (non-hydrogen) atoms. The van der Waals surface area contributed by atoms with Crippen LogP contribution in [0.1, 0.15) is 34.8 Å². The molecule has 0 radical (unpaired) electrons. The van der Waals surface area contributed by atoms with Crippen molar-refractivity contribution in [3.05, 3.63) is 106 Å². The molecule has 0 bridgehead atoms. The second-order valence-corrected chi connectivity index (χ2v) is 7.72. The van der Waals surface area contributed by atoms with Crippen LogP contribution in [0.4, 0.5) is 13.2 Å². The number of carbonyl (C=O) groups excluding carboxylic acids is 2. The van der Waals surface area contributed by atoms with Gasteiger partial charge in [0.2, 0.25) is 5.91 Å². The SMILES string of the molecule is CC/C=C/C(F)=C/CNC(=O)c1ccc(=O)n(Cc2ccc(CN3C=CNCC3=O)c(F)c2F)c1. The molecule has 1 aliphatic heterocycles. The number of benzene rings is 1. The Morgan fingerprint density at radius 2 is 1.83 bits per heavy atom. The molecule has 0 saturated carbocycles. The summed E-state index contributed by atoms with van der Waals surface area (Å²) >= 11 is 0. The van der Waals surface area contributed by atoms with Crippen molar-refractivity contribution in [2.75, 3.05) is 13.1 Å². The van der Waals surface area contributed by atoms with Crippen molar-refractivity contribution in [2.24, 2.45) is 0 Å². The number of rotatable bonds is 9. The molecule has 0 spiro atoms. The molecule has 1 aromatic heterocycles. The zero-order valence-electron chi connectivity index (χ0n) is 19.1. The van der Waals surface area contributed by atoms with Crippen LogP contribution >= 0.6 is 0 Å². The van der Waals surface area contributed by atoms with Gasteiger partial charge in [0.1, 0.15) is 5.83 Å². The van der Waals surface area contributed by atoms with Gasteiger partial charge in [-0.15, -0.1) is 0 Å². The van der Waals surface area contributed by atoms with Crippen LogP contribution in [-0.2, 0) is 17.9 Å². The lowest BCUT2D eigenvalue weighted by atomic mass is 10.1. The van der Waals surface area contributed by atoms with Crippen molar-refractivity contribution >= 4 is 11.8 Å². The quantitative estimate of drug-likeness (QED) is 0.534. The maximum absolute atomic E-state index is 14.8. The van der Waals surface area contributed by atoms with E-state index in [1.54, 1.807) is 6.08 Å². The van der Waals surface area contributed by atoms with E-state index in [0.29, 0.717) is 6.42 Å². The summed E-state index contributed by atoms with van der Waals surface area (Å²) in [6, 6.07) is 5.12. The largest absolute Gasteiger partial charge is 0.381 e. The highest BCUT2D eigenvalue weighted by molar-refractivity contribution is 5.93. The summed E-state index contributed by atoms with van der Waals surface area (Å²) < 4.78 is 44.1. The minimum Gasteiger partial charge on any atom is -0.381 e. The third kappa shape index (κ3) is 6.72. The lowest BCUT2D eigenvalue weighted by Gasteiger charge is -2.22. The Morgan fingerprint density at radius 1 is 1.11 bits per heavy atom. The topological polar surface area (TPSA) is 83.4 Å². The summed E-state index contributed by atoms with van der Waals surface area (Å²) in [6.45, 7) is 1.41. The smallest absolute Gasteiger partial charge is 0.253 e. The number of hydrogen-bond acceptors (Lipinski definition) is 4. The number of amides is 2. The third-order valence-corrected chi connectivity index (χ3v) is 5.19. The van der Waals surface area contributed by atoms with Gasteiger partial charge >= 0.3 is 0 Å². The Kier molecular flexibility index (Phi) is 8.66. The number of carbonyl (C=O) groups is 2. The summed E-state index contributed by atoms with van der Waals surface area (Å²) in [4.78, 5) is 37.8. The van der Waals surface area contributed by atoms with E-state index in [1.807, 2.05) is 6.92 Å². The lowest BCUT2D eigenvalue weighted by Crippen LogP contribution is -2.37. The van der Waals surface area contributed by atoms with Gasteiger partial charge in [-0.25, -0.2) is 13.2 Å². The van der Waals surface area contributed by atoms with Gasteiger partial charge in [0, 0.05) is 42.3 Å². The first-order chi connectivity index (χ1) is 16.8. The Bertz CT molecular complexity index is 1250. The molecule has 2 aromatic rings. The van der Waals surface area contributed by atoms with E-state index in [-0.39, 0.29) is 48.8 Å². The monoisotopic (exact) mass is 486 g/mol. The summed E-state index contributed by atoms with van der Waals surface area (Å²) in [5, 5.41) is 5.24. The number of allylic oxidation sites excluding steroid dienone is 3. The highest BCUT2D eigenvalue weighted by atomic mass is 19.2. The third-order valence-electron chi connectivity index (χ3n) is 5.19. The maximum atomic E-state index is 14.8. The average Bonchev–Trinajstić information content (AvgIpc) is 2.84. The van der Waals surface area contributed by atoms with Crippen molar-refractivity contribution in [2.45, 2.75) is 26.4 Å². The summed E-state index contributed by atoms with van der Waals surface area (Å²) in [6.07, 6.45) is 9.02. The van der Waals surface area contributed by atoms with E-state index >= 15 is 0 Å². The van der Waals surface area contributed by atoms with Crippen LogP contribution in [0.3, 0.4) is 0 Å². The van der Waals surface area contributed by atoms with Gasteiger partial charge in [0.25, 0.3) is 11.5 Å². The van der Waals surface area contributed by atoms with Gasteiger partial charge < -0.3 is 20.1 Å². The first-order valence-corrected chi connectivity index (χ1v) is 11.0. The molecule has 10 heteroatoms. The Balaban J connectivity index is 1.73. The van der Waals surface area contributed by atoms with Crippen LogP contribution in [0, 0.1) is 11.6 Å². The highest BCUT2D eigenvalue weighted by Crippen LogP contribution is 2.19. The Hall–Kier alpha value is -4.08. The van der Waals surface area contributed by atoms with Crippen molar-refractivity contribution < 1.29 is 22.8 Å². The van der Waals surface area contributed by atoms with Crippen molar-refractivity contribution in [1.82, 2.24) is 20.1 Å². The molecule has 2 N–H and O–H groups in total. The molecule has 0 saturated heterocycles. The van der Waals surface area contributed by atoms with E-state index in [0.717, 1.165) is 10.6 Å². The standard InChI is InChI=1S/C25H25F3N4O3/c1-2-3-4-20(26)9-10-30-25(35)19-7-8-21(33)32(16-19)15-18-6-5-17(23(27)24(18)28)14-31-12-11-29-13-22(31)34/h3-9,11-12,16,29H,2,10,13-15H2,1H3,(H,30,35)/b4-3+,20-9-. The van der Waals surface area contributed by atoms with Crippen LogP contribution in [0.2, 0.25) is 0 Å². The molecule has 0 fully saturated rings. The molecular formula is C25H25F3N4O3. The van der Waals surface area contributed by atoms with Gasteiger partial charge in [-0.05, 0) is 24.6 Å². The number of nitrogens with one attached hydrogen (secondary N) is 2. The normalized spacial score (nSPS) is 13.9. The van der Waals surface area contributed by atoms with Gasteiger partial charge in [-0.1, -0.05) is 25.1 Å². The molecular weight excluding hydrogens is 461 g/mol. The van der Waals surface area contributed by atoms with Crippen LogP contribution in [0.15, 0.2) is 71.7 Å². The molecule has 7 nitrogen and oxygen atoms in total. The molecule has 0 atom stereocenters. The highest BCUT2D eigenvalue weighted by Gasteiger charge is 2.19. The fourth-order valence-corrected chi connectivity index (χ4v) is 3.29. The van der Waals surface area contributed by atoms with Gasteiger partial charge in [-0.2, -0.15) is 0 Å². The predicted octanol–water partition coefficient (Wildman–Crippen LogP) is 3.13. The van der Waals surface area contributed by atoms with Crippen molar-refractivity contribution in [3.8, 4) is 0 Å². The van der Waals surface area contributed by atoms with E-state index in [1.165, 1.54) is 53.8 Å². The molecule has 0 aliphatic carbocycles. The Labute approximate surface area is 200 Å². The first kappa shape index (κ1) is 25.5. The fraction of sp³-hybridized carbons (Fsp3) is 0.240. The van der Waals surface area contributed by atoms with Crippen LogP contribution in [0.25, 0.3) is 0 Å². The van der Waals surface area contributed by atoms with E-state index in [2.05, 4.69) is 10.6 Å². The minimum absolute atomic E-state index is 0.0132. The first-order valence-electron chi connectivity index (χ1n) is 11.0. The number of halogens is 3. The van der Waals surface area contributed by atoms with Crippen LogP contribution in [0.5, 0.6) is 0 Å². The summed E-state index contributed by atoms with van der Waals surface area (Å²) in [5.74, 6) is -3.59. The zero-order valence-corrected chi connectivity index (χ0v) is 19.1. The molecule has 0 unspecified atom stereocenters. The van der Waals surface area contributed by atoms with Crippen molar-refractivity contribution in [3.63, 3.8) is 0 Å². The number of pyridine rings is 1. The molecule has 2 heterocycles. The lowest BCUT2D eigenvalue weighted by molar-refractivity contribution is -0.128. The Morgan fingerprint density at radius 3 is 2.51 bits per heavy atom. The van der Waals surface area contributed by atoms with Crippen LogP contribution in [-0.4, -0.2) is 34.4 Å². The predicted molar refractivity (Wildman–Crippen MR) is 125 cm³/mol. The fourth-order valence-electron chi connectivity index (χ4n) is 3.29. The second kappa shape index (κ2) is 11.9. The summed E-state index contributed by atoms with van der Waals surface area (Å²) in [7, 11) is 0. The average molecular weight is 486 g/mol. The molecule has 1 aliphatic rings. The van der Waals surface area contributed by atoms with Gasteiger partial charge in [0.15, 0.2) is 11.6 Å². The molecule has 3 rings (SSSR count). The van der Waals surface area contributed by atoms with Crippen molar-refractivity contribution in [1.29, 1.82) is 0 Å². The number of hydrogen-bond donors (Lipinski definition) is 2.